The van der Waals surface area contributed by atoms with Crippen LogP contribution >= 0.6 is 0 Å². The molecule has 0 aliphatic carbocycles. The molecule has 1 aliphatic rings. The van der Waals surface area contributed by atoms with Crippen molar-refractivity contribution in [3.8, 4) is 17.2 Å². The molecule has 104 valence electrons. The predicted molar refractivity (Wildman–Crippen MR) is 74.2 cm³/mol. The maximum atomic E-state index is 10.2. The standard InChI is InChI=1S/C16H16O4/c1-11-3-2-4-13(7-11)18-9-14(17)12-5-6-15-16(8-12)20-10-19-15/h2-8,14,17H,9-10H2,1H3. The fourth-order valence-corrected chi connectivity index (χ4v) is 2.10. The van der Waals surface area contributed by atoms with Crippen LogP contribution in [0.5, 0.6) is 17.2 Å². The van der Waals surface area contributed by atoms with Crippen LogP contribution in [0.15, 0.2) is 42.5 Å². The molecule has 20 heavy (non-hydrogen) atoms. The van der Waals surface area contributed by atoms with E-state index in [-0.39, 0.29) is 13.4 Å². The number of hydrogen-bond acceptors (Lipinski definition) is 4. The van der Waals surface area contributed by atoms with Gasteiger partial charge in [0.1, 0.15) is 18.5 Å². The Kier molecular flexibility index (Phi) is 3.48. The molecule has 0 bridgehead atoms. The number of fused-ring (bicyclic) bond motifs is 1. The van der Waals surface area contributed by atoms with Crippen molar-refractivity contribution >= 4 is 0 Å². The minimum Gasteiger partial charge on any atom is -0.491 e. The Bertz CT molecular complexity index is 609. The zero-order valence-electron chi connectivity index (χ0n) is 11.2. The molecular formula is C16H16O4. The Balaban J connectivity index is 1.66. The second kappa shape index (κ2) is 5.43. The molecule has 1 heterocycles. The van der Waals surface area contributed by atoms with Gasteiger partial charge in [-0.1, -0.05) is 18.2 Å². The van der Waals surface area contributed by atoms with Gasteiger partial charge in [-0.25, -0.2) is 0 Å². The summed E-state index contributed by atoms with van der Waals surface area (Å²) in [5.41, 5.74) is 1.88. The number of aryl methyl sites for hydroxylation is 1. The summed E-state index contributed by atoms with van der Waals surface area (Å²) in [5, 5.41) is 10.2. The lowest BCUT2D eigenvalue weighted by Crippen LogP contribution is -2.09. The van der Waals surface area contributed by atoms with Crippen molar-refractivity contribution in [1.29, 1.82) is 0 Å². The molecule has 1 aliphatic heterocycles. The Morgan fingerprint density at radius 2 is 2.00 bits per heavy atom. The summed E-state index contributed by atoms with van der Waals surface area (Å²) >= 11 is 0. The van der Waals surface area contributed by atoms with Crippen molar-refractivity contribution in [3.05, 3.63) is 53.6 Å². The molecule has 4 heteroatoms. The Morgan fingerprint density at radius 3 is 2.85 bits per heavy atom. The van der Waals surface area contributed by atoms with E-state index in [1.165, 1.54) is 0 Å². The van der Waals surface area contributed by atoms with Gasteiger partial charge in [0.15, 0.2) is 11.5 Å². The average molecular weight is 272 g/mol. The molecule has 1 N–H and O–H groups in total. The predicted octanol–water partition coefficient (Wildman–Crippen LogP) is 2.84. The molecule has 2 aromatic carbocycles. The highest BCUT2D eigenvalue weighted by Gasteiger charge is 2.16. The van der Waals surface area contributed by atoms with Crippen LogP contribution in [0.3, 0.4) is 0 Å². The fraction of sp³-hybridized carbons (Fsp3) is 0.250. The molecule has 0 aromatic heterocycles. The van der Waals surface area contributed by atoms with Gasteiger partial charge in [-0.15, -0.1) is 0 Å². The minimum absolute atomic E-state index is 0.198. The SMILES string of the molecule is Cc1cccc(OCC(O)c2ccc3c(c2)OCO3)c1. The summed E-state index contributed by atoms with van der Waals surface area (Å²) in [6, 6.07) is 13.1. The first-order valence-electron chi connectivity index (χ1n) is 6.49. The molecular weight excluding hydrogens is 256 g/mol. The summed E-state index contributed by atoms with van der Waals surface area (Å²) in [7, 11) is 0. The van der Waals surface area contributed by atoms with E-state index in [1.54, 1.807) is 12.1 Å². The van der Waals surface area contributed by atoms with Crippen molar-refractivity contribution in [2.45, 2.75) is 13.0 Å². The van der Waals surface area contributed by atoms with Crippen molar-refractivity contribution in [2.24, 2.45) is 0 Å². The van der Waals surface area contributed by atoms with Gasteiger partial charge in [-0.2, -0.15) is 0 Å². The van der Waals surface area contributed by atoms with Crippen molar-refractivity contribution in [3.63, 3.8) is 0 Å². The van der Waals surface area contributed by atoms with Crippen LogP contribution in [0.4, 0.5) is 0 Å². The zero-order valence-corrected chi connectivity index (χ0v) is 11.2. The highest BCUT2D eigenvalue weighted by molar-refractivity contribution is 5.45. The number of hydrogen-bond donors (Lipinski definition) is 1. The number of rotatable bonds is 4. The van der Waals surface area contributed by atoms with Crippen LogP contribution in [-0.2, 0) is 0 Å². The van der Waals surface area contributed by atoms with Crippen LogP contribution in [0.25, 0.3) is 0 Å². The highest BCUT2D eigenvalue weighted by Crippen LogP contribution is 2.34. The third kappa shape index (κ3) is 2.70. The van der Waals surface area contributed by atoms with Crippen molar-refractivity contribution < 1.29 is 19.3 Å². The van der Waals surface area contributed by atoms with E-state index in [9.17, 15) is 5.11 Å². The van der Waals surface area contributed by atoms with Gasteiger partial charge in [0.05, 0.1) is 0 Å². The van der Waals surface area contributed by atoms with Gasteiger partial charge >= 0.3 is 0 Å². The molecule has 2 aromatic rings. The Labute approximate surface area is 117 Å². The highest BCUT2D eigenvalue weighted by atomic mass is 16.7. The molecule has 0 spiro atoms. The topological polar surface area (TPSA) is 47.9 Å². The summed E-state index contributed by atoms with van der Waals surface area (Å²) in [5.74, 6) is 2.13. The van der Waals surface area contributed by atoms with E-state index in [0.29, 0.717) is 11.5 Å². The van der Waals surface area contributed by atoms with E-state index < -0.39 is 6.10 Å². The first-order chi connectivity index (χ1) is 9.72. The molecule has 0 saturated carbocycles. The second-order valence-electron chi connectivity index (χ2n) is 4.76. The van der Waals surface area contributed by atoms with Gasteiger partial charge < -0.3 is 19.3 Å². The monoisotopic (exact) mass is 272 g/mol. The average Bonchev–Trinajstić information content (AvgIpc) is 2.92. The lowest BCUT2D eigenvalue weighted by atomic mass is 10.1. The third-order valence-electron chi connectivity index (χ3n) is 3.18. The Morgan fingerprint density at radius 1 is 1.15 bits per heavy atom. The quantitative estimate of drug-likeness (QED) is 0.929. The summed E-state index contributed by atoms with van der Waals surface area (Å²) in [4.78, 5) is 0. The van der Waals surface area contributed by atoms with Crippen molar-refractivity contribution in [2.75, 3.05) is 13.4 Å². The van der Waals surface area contributed by atoms with Crippen LogP contribution in [-0.4, -0.2) is 18.5 Å². The molecule has 0 radical (unpaired) electrons. The molecule has 1 unspecified atom stereocenters. The van der Waals surface area contributed by atoms with E-state index in [1.807, 2.05) is 37.3 Å². The lowest BCUT2D eigenvalue weighted by molar-refractivity contribution is 0.108. The van der Waals surface area contributed by atoms with E-state index in [2.05, 4.69) is 0 Å². The van der Waals surface area contributed by atoms with Crippen molar-refractivity contribution in [1.82, 2.24) is 0 Å². The number of aliphatic hydroxyl groups is 1. The fourth-order valence-electron chi connectivity index (χ4n) is 2.10. The second-order valence-corrected chi connectivity index (χ2v) is 4.76. The maximum absolute atomic E-state index is 10.2. The van der Waals surface area contributed by atoms with Crippen LogP contribution in [0.2, 0.25) is 0 Å². The lowest BCUT2D eigenvalue weighted by Gasteiger charge is -2.13. The third-order valence-corrected chi connectivity index (χ3v) is 3.18. The van der Waals surface area contributed by atoms with E-state index in [4.69, 9.17) is 14.2 Å². The van der Waals surface area contributed by atoms with Gasteiger partial charge in [0.2, 0.25) is 6.79 Å². The Hall–Kier alpha value is -2.20. The van der Waals surface area contributed by atoms with E-state index in [0.717, 1.165) is 16.9 Å². The largest absolute Gasteiger partial charge is 0.491 e. The molecule has 0 fully saturated rings. The normalized spacial score (nSPS) is 14.1. The molecule has 4 nitrogen and oxygen atoms in total. The zero-order chi connectivity index (χ0) is 13.9. The first kappa shape index (κ1) is 12.8. The van der Waals surface area contributed by atoms with Gasteiger partial charge in [-0.05, 0) is 42.3 Å². The van der Waals surface area contributed by atoms with Gasteiger partial charge in [0.25, 0.3) is 0 Å². The number of ether oxygens (including phenoxy) is 3. The van der Waals surface area contributed by atoms with Crippen LogP contribution in [0.1, 0.15) is 17.2 Å². The smallest absolute Gasteiger partial charge is 0.231 e. The number of aliphatic hydroxyl groups excluding tert-OH is 1. The first-order valence-corrected chi connectivity index (χ1v) is 6.49. The summed E-state index contributed by atoms with van der Waals surface area (Å²) < 4.78 is 16.1. The van der Waals surface area contributed by atoms with Crippen LogP contribution < -0.4 is 14.2 Å². The molecule has 0 amide bonds. The van der Waals surface area contributed by atoms with Gasteiger partial charge in [0, 0.05) is 0 Å². The van der Waals surface area contributed by atoms with Gasteiger partial charge in [-0.3, -0.25) is 0 Å². The van der Waals surface area contributed by atoms with Crippen LogP contribution in [0, 0.1) is 6.92 Å². The molecule has 0 saturated heterocycles. The minimum atomic E-state index is -0.704. The maximum Gasteiger partial charge on any atom is 0.231 e. The number of benzene rings is 2. The molecule has 1 atom stereocenters. The van der Waals surface area contributed by atoms with E-state index >= 15 is 0 Å². The summed E-state index contributed by atoms with van der Waals surface area (Å²) in [6.45, 7) is 2.43. The molecule has 3 rings (SSSR count). The summed E-state index contributed by atoms with van der Waals surface area (Å²) in [6.07, 6.45) is -0.704.